The van der Waals surface area contributed by atoms with Crippen LogP contribution in [-0.4, -0.2) is 53.5 Å². The maximum absolute atomic E-state index is 12.9. The molecule has 3 heterocycles. The second-order valence-corrected chi connectivity index (χ2v) is 8.78. The Labute approximate surface area is 165 Å². The first kappa shape index (κ1) is 19.6. The van der Waals surface area contributed by atoms with Gasteiger partial charge in [0, 0.05) is 26.2 Å². The van der Waals surface area contributed by atoms with E-state index in [9.17, 15) is 21.6 Å². The van der Waals surface area contributed by atoms with Gasteiger partial charge in [-0.2, -0.15) is 27.1 Å². The molecule has 0 saturated carbocycles. The van der Waals surface area contributed by atoms with Crippen molar-refractivity contribution in [2.45, 2.75) is 18.0 Å². The number of fused-ring (bicyclic) bond motifs is 1. The van der Waals surface area contributed by atoms with Crippen LogP contribution in [0.25, 0.3) is 5.65 Å². The number of hydrogen-bond acceptors (Lipinski definition) is 5. The van der Waals surface area contributed by atoms with Gasteiger partial charge < -0.3 is 4.90 Å². The Morgan fingerprint density at radius 1 is 1.03 bits per heavy atom. The van der Waals surface area contributed by atoms with E-state index in [4.69, 9.17) is 0 Å². The van der Waals surface area contributed by atoms with Crippen molar-refractivity contribution in [2.24, 2.45) is 0 Å². The summed E-state index contributed by atoms with van der Waals surface area (Å²) in [7, 11) is -4.02. The molecule has 0 bridgehead atoms. The van der Waals surface area contributed by atoms with Crippen molar-refractivity contribution in [1.29, 1.82) is 0 Å². The third-order valence-electron chi connectivity index (χ3n) is 4.87. The minimum Gasteiger partial charge on any atom is -0.354 e. The SMILES string of the molecule is Cc1cc(N2CCN(S(=O)(=O)c3cccc(C(F)(F)F)c3)CC2)n2ncnc2c1. The summed E-state index contributed by atoms with van der Waals surface area (Å²) in [4.78, 5) is 5.82. The van der Waals surface area contributed by atoms with Gasteiger partial charge in [-0.15, -0.1) is 0 Å². The Hall–Kier alpha value is -2.66. The Bertz CT molecular complexity index is 1150. The molecule has 0 amide bonds. The fourth-order valence-corrected chi connectivity index (χ4v) is 4.87. The number of benzene rings is 1. The Morgan fingerprint density at radius 3 is 2.45 bits per heavy atom. The molecule has 4 rings (SSSR count). The molecule has 0 atom stereocenters. The molecule has 1 saturated heterocycles. The van der Waals surface area contributed by atoms with E-state index in [0.29, 0.717) is 24.8 Å². The lowest BCUT2D eigenvalue weighted by Gasteiger charge is -2.35. The molecule has 0 unspecified atom stereocenters. The molecular weight excluding hydrogens is 407 g/mol. The van der Waals surface area contributed by atoms with Gasteiger partial charge in [-0.05, 0) is 42.8 Å². The number of anilines is 1. The number of pyridine rings is 1. The smallest absolute Gasteiger partial charge is 0.354 e. The van der Waals surface area contributed by atoms with Gasteiger partial charge in [0.05, 0.1) is 10.5 Å². The second kappa shape index (κ2) is 6.99. The van der Waals surface area contributed by atoms with Crippen LogP contribution >= 0.6 is 0 Å². The monoisotopic (exact) mass is 425 g/mol. The molecule has 1 aliphatic heterocycles. The summed E-state index contributed by atoms with van der Waals surface area (Å²) in [6, 6.07) is 7.68. The minimum absolute atomic E-state index is 0.155. The molecule has 11 heteroatoms. The number of aryl methyl sites for hydroxylation is 1. The van der Waals surface area contributed by atoms with Crippen molar-refractivity contribution in [3.63, 3.8) is 0 Å². The molecule has 2 aromatic heterocycles. The van der Waals surface area contributed by atoms with Gasteiger partial charge in [0.1, 0.15) is 12.1 Å². The average molecular weight is 425 g/mol. The quantitative estimate of drug-likeness (QED) is 0.645. The largest absolute Gasteiger partial charge is 0.416 e. The van der Waals surface area contributed by atoms with Crippen LogP contribution in [0.3, 0.4) is 0 Å². The molecule has 0 spiro atoms. The van der Waals surface area contributed by atoms with Crippen LogP contribution in [0.4, 0.5) is 19.0 Å². The number of aromatic nitrogens is 3. The minimum atomic E-state index is -4.60. The molecule has 1 fully saturated rings. The lowest BCUT2D eigenvalue weighted by Crippen LogP contribution is -2.49. The Kier molecular flexibility index (Phi) is 4.74. The zero-order valence-electron chi connectivity index (χ0n) is 15.5. The molecule has 29 heavy (non-hydrogen) atoms. The van der Waals surface area contributed by atoms with E-state index in [1.54, 1.807) is 4.52 Å². The van der Waals surface area contributed by atoms with Crippen LogP contribution in [0.2, 0.25) is 0 Å². The summed E-state index contributed by atoms with van der Waals surface area (Å²) in [5.41, 5.74) is 0.712. The van der Waals surface area contributed by atoms with Crippen molar-refractivity contribution in [3.8, 4) is 0 Å². The van der Waals surface area contributed by atoms with Crippen LogP contribution in [-0.2, 0) is 16.2 Å². The maximum Gasteiger partial charge on any atom is 0.416 e. The number of halogens is 3. The fraction of sp³-hybridized carbons (Fsp3) is 0.333. The topological polar surface area (TPSA) is 70.8 Å². The van der Waals surface area contributed by atoms with Gasteiger partial charge in [-0.1, -0.05) is 6.07 Å². The van der Waals surface area contributed by atoms with Crippen LogP contribution in [0.5, 0.6) is 0 Å². The zero-order chi connectivity index (χ0) is 20.8. The first-order valence-corrected chi connectivity index (χ1v) is 10.3. The lowest BCUT2D eigenvalue weighted by molar-refractivity contribution is -0.137. The van der Waals surface area contributed by atoms with E-state index in [2.05, 4.69) is 10.1 Å². The van der Waals surface area contributed by atoms with Crippen molar-refractivity contribution >= 4 is 21.5 Å². The predicted octanol–water partition coefficient (Wildman–Crippen LogP) is 2.57. The summed E-state index contributed by atoms with van der Waals surface area (Å²) < 4.78 is 67.4. The molecule has 1 aromatic carbocycles. The number of rotatable bonds is 3. The maximum atomic E-state index is 12.9. The van der Waals surface area contributed by atoms with Gasteiger partial charge >= 0.3 is 6.18 Å². The van der Waals surface area contributed by atoms with Gasteiger partial charge in [0.25, 0.3) is 0 Å². The molecule has 7 nitrogen and oxygen atoms in total. The van der Waals surface area contributed by atoms with E-state index in [1.807, 2.05) is 24.0 Å². The van der Waals surface area contributed by atoms with Crippen LogP contribution in [0, 0.1) is 6.92 Å². The molecule has 0 aliphatic carbocycles. The predicted molar refractivity (Wildman–Crippen MR) is 100 cm³/mol. The van der Waals surface area contributed by atoms with E-state index in [-0.39, 0.29) is 18.0 Å². The molecular formula is C18H18F3N5O2S. The number of hydrogen-bond donors (Lipinski definition) is 0. The number of alkyl halides is 3. The van der Waals surface area contributed by atoms with Crippen LogP contribution < -0.4 is 4.90 Å². The normalized spacial score (nSPS) is 16.5. The zero-order valence-corrected chi connectivity index (χ0v) is 16.3. The molecule has 154 valence electrons. The van der Waals surface area contributed by atoms with Crippen LogP contribution in [0.15, 0.2) is 47.6 Å². The lowest BCUT2D eigenvalue weighted by atomic mass is 10.2. The summed E-state index contributed by atoms with van der Waals surface area (Å²) in [6.45, 7) is 3.02. The van der Waals surface area contributed by atoms with E-state index in [0.717, 1.165) is 23.5 Å². The molecule has 0 radical (unpaired) electrons. The highest BCUT2D eigenvalue weighted by Gasteiger charge is 2.34. The number of nitrogens with zero attached hydrogens (tertiary/aromatic N) is 5. The van der Waals surface area contributed by atoms with E-state index < -0.39 is 21.8 Å². The average Bonchev–Trinajstić information content (AvgIpc) is 3.15. The van der Waals surface area contributed by atoms with Gasteiger partial charge in [-0.25, -0.2) is 13.4 Å². The summed E-state index contributed by atoms with van der Waals surface area (Å²) in [5.74, 6) is 0.800. The van der Waals surface area contributed by atoms with E-state index >= 15 is 0 Å². The second-order valence-electron chi connectivity index (χ2n) is 6.84. The number of sulfonamides is 1. The number of piperazine rings is 1. The third kappa shape index (κ3) is 3.67. The van der Waals surface area contributed by atoms with Crippen molar-refractivity contribution < 1.29 is 21.6 Å². The third-order valence-corrected chi connectivity index (χ3v) is 6.76. The van der Waals surface area contributed by atoms with Crippen molar-refractivity contribution in [3.05, 3.63) is 53.9 Å². The van der Waals surface area contributed by atoms with Crippen molar-refractivity contribution in [1.82, 2.24) is 18.9 Å². The van der Waals surface area contributed by atoms with Gasteiger partial charge in [0.2, 0.25) is 10.0 Å². The Balaban J connectivity index is 1.56. The Morgan fingerprint density at radius 2 is 1.76 bits per heavy atom. The molecule has 3 aromatic rings. The fourth-order valence-electron chi connectivity index (χ4n) is 3.40. The highest BCUT2D eigenvalue weighted by molar-refractivity contribution is 7.89. The van der Waals surface area contributed by atoms with Crippen molar-refractivity contribution in [2.75, 3.05) is 31.1 Å². The first-order valence-electron chi connectivity index (χ1n) is 8.89. The highest BCUT2D eigenvalue weighted by atomic mass is 32.2. The summed E-state index contributed by atoms with van der Waals surface area (Å²) >= 11 is 0. The first-order chi connectivity index (χ1) is 13.7. The van der Waals surface area contributed by atoms with Gasteiger partial charge in [0.15, 0.2) is 5.65 Å². The summed E-state index contributed by atoms with van der Waals surface area (Å²) in [6.07, 6.45) is -3.15. The molecule has 1 aliphatic rings. The van der Waals surface area contributed by atoms with Crippen LogP contribution in [0.1, 0.15) is 11.1 Å². The standard InChI is InChI=1S/C18H18F3N5O2S/c1-13-9-16-22-12-23-26(16)17(10-13)24-5-7-25(8-6-24)29(27,28)15-4-2-3-14(11-15)18(19,20)21/h2-4,9-12H,5-8H2,1H3. The molecule has 0 N–H and O–H groups in total. The van der Waals surface area contributed by atoms with E-state index in [1.165, 1.54) is 16.7 Å². The van der Waals surface area contributed by atoms with Gasteiger partial charge in [-0.3, -0.25) is 0 Å². The highest BCUT2D eigenvalue weighted by Crippen LogP contribution is 2.31. The summed E-state index contributed by atoms with van der Waals surface area (Å²) in [5, 5.41) is 4.21.